The molecule has 0 saturated carbocycles. The molecule has 0 fully saturated rings. The minimum absolute atomic E-state index is 0.101. The van der Waals surface area contributed by atoms with Crippen LogP contribution < -0.4 is 4.72 Å². The van der Waals surface area contributed by atoms with Gasteiger partial charge in [0.25, 0.3) is 10.0 Å². The van der Waals surface area contributed by atoms with Gasteiger partial charge in [-0.2, -0.15) is 0 Å². The van der Waals surface area contributed by atoms with E-state index in [9.17, 15) is 8.42 Å². The maximum Gasteiger partial charge on any atom is 0.251 e. The minimum Gasteiger partial charge on any atom is -0.377 e. The Kier molecular flexibility index (Phi) is 4.30. The van der Waals surface area contributed by atoms with Gasteiger partial charge in [0.2, 0.25) is 0 Å². The summed E-state index contributed by atoms with van der Waals surface area (Å²) in [7, 11) is -2.02. The highest BCUT2D eigenvalue weighted by molar-refractivity contribution is 7.91. The smallest absolute Gasteiger partial charge is 0.251 e. The molecule has 1 aromatic rings. The molecule has 8 heteroatoms. The fourth-order valence-corrected chi connectivity index (χ4v) is 3.31. The van der Waals surface area contributed by atoms with Crippen molar-refractivity contribution in [3.63, 3.8) is 0 Å². The Morgan fingerprint density at radius 1 is 1.62 bits per heavy atom. The number of methoxy groups -OCH3 is 1. The predicted molar refractivity (Wildman–Crippen MR) is 63.4 cm³/mol. The molecule has 1 N–H and O–H groups in total. The zero-order chi connectivity index (χ0) is 12.4. The molecule has 0 radical (unpaired) electrons. The van der Waals surface area contributed by atoms with Crippen molar-refractivity contribution in [2.24, 2.45) is 0 Å². The van der Waals surface area contributed by atoms with Crippen LogP contribution >= 0.6 is 22.9 Å². The van der Waals surface area contributed by atoms with Gasteiger partial charge >= 0.3 is 0 Å². The number of halogens is 1. The fraction of sp³-hybridized carbons (Fsp3) is 0.625. The maximum absolute atomic E-state index is 11.8. The second-order valence-electron chi connectivity index (χ2n) is 3.72. The summed E-state index contributed by atoms with van der Waals surface area (Å²) in [4.78, 5) is 3.68. The molecule has 0 aromatic carbocycles. The van der Waals surface area contributed by atoms with Crippen LogP contribution in [0.4, 0.5) is 0 Å². The molecule has 1 aromatic heterocycles. The third kappa shape index (κ3) is 3.67. The molecule has 1 heterocycles. The molecule has 92 valence electrons. The minimum atomic E-state index is -3.54. The van der Waals surface area contributed by atoms with Crippen LogP contribution in [0.15, 0.2) is 10.4 Å². The van der Waals surface area contributed by atoms with Gasteiger partial charge in [-0.1, -0.05) is 22.9 Å². The summed E-state index contributed by atoms with van der Waals surface area (Å²) in [6.45, 7) is 3.76. The standard InChI is InChI=1S/C8H13ClN2O3S2/c1-8(2,14-3)5-11-16(12,13)6-4-10-7(9)15-6/h4,11H,5H2,1-3H3. The van der Waals surface area contributed by atoms with Crippen molar-refractivity contribution < 1.29 is 13.2 Å². The Labute approximate surface area is 104 Å². The van der Waals surface area contributed by atoms with Crippen LogP contribution in [0.25, 0.3) is 0 Å². The average molecular weight is 285 g/mol. The molecule has 0 saturated heterocycles. The number of aromatic nitrogens is 1. The summed E-state index contributed by atoms with van der Waals surface area (Å²) < 4.78 is 31.4. The van der Waals surface area contributed by atoms with Crippen molar-refractivity contribution in [3.05, 3.63) is 10.7 Å². The number of rotatable bonds is 5. The molecule has 0 aliphatic rings. The SMILES string of the molecule is COC(C)(C)CNS(=O)(=O)c1cnc(Cl)s1. The molecule has 16 heavy (non-hydrogen) atoms. The van der Waals surface area contributed by atoms with Gasteiger partial charge in [-0.15, -0.1) is 0 Å². The molecule has 0 amide bonds. The highest BCUT2D eigenvalue weighted by Crippen LogP contribution is 2.22. The first kappa shape index (κ1) is 13.9. The van der Waals surface area contributed by atoms with Crippen molar-refractivity contribution in [3.8, 4) is 0 Å². The van der Waals surface area contributed by atoms with E-state index < -0.39 is 15.6 Å². The van der Waals surface area contributed by atoms with Gasteiger partial charge in [0.15, 0.2) is 8.68 Å². The molecule has 0 unspecified atom stereocenters. The third-order valence-electron chi connectivity index (χ3n) is 1.96. The van der Waals surface area contributed by atoms with Crippen molar-refractivity contribution in [2.75, 3.05) is 13.7 Å². The Morgan fingerprint density at radius 2 is 2.25 bits per heavy atom. The normalized spacial score (nSPS) is 13.0. The molecular formula is C8H13ClN2O3S2. The Balaban J connectivity index is 2.74. The topological polar surface area (TPSA) is 68.3 Å². The predicted octanol–water partition coefficient (Wildman–Crippen LogP) is 1.50. The summed E-state index contributed by atoms with van der Waals surface area (Å²) in [6, 6.07) is 0. The Bertz CT molecular complexity index is 456. The zero-order valence-electron chi connectivity index (χ0n) is 9.15. The fourth-order valence-electron chi connectivity index (χ4n) is 0.776. The van der Waals surface area contributed by atoms with E-state index >= 15 is 0 Å². The van der Waals surface area contributed by atoms with E-state index in [-0.39, 0.29) is 15.2 Å². The van der Waals surface area contributed by atoms with E-state index in [1.807, 2.05) is 0 Å². The number of hydrogen-bond donors (Lipinski definition) is 1. The van der Waals surface area contributed by atoms with Crippen LogP contribution in [0.1, 0.15) is 13.8 Å². The summed E-state index contributed by atoms with van der Waals surface area (Å²) in [5.41, 5.74) is -0.554. The zero-order valence-corrected chi connectivity index (χ0v) is 11.5. The Hall–Kier alpha value is -0.210. The molecule has 0 aliphatic carbocycles. The molecule has 0 bridgehead atoms. The number of ether oxygens (including phenoxy) is 1. The highest BCUT2D eigenvalue weighted by atomic mass is 35.5. The molecule has 0 spiro atoms. The lowest BCUT2D eigenvalue weighted by atomic mass is 10.1. The van der Waals surface area contributed by atoms with Crippen molar-refractivity contribution in [1.29, 1.82) is 0 Å². The van der Waals surface area contributed by atoms with Crippen LogP contribution in [0.2, 0.25) is 4.47 Å². The Morgan fingerprint density at radius 3 is 2.69 bits per heavy atom. The lowest BCUT2D eigenvalue weighted by Crippen LogP contribution is -2.39. The van der Waals surface area contributed by atoms with E-state index in [0.717, 1.165) is 11.3 Å². The van der Waals surface area contributed by atoms with E-state index in [1.54, 1.807) is 13.8 Å². The van der Waals surface area contributed by atoms with Crippen molar-refractivity contribution in [2.45, 2.75) is 23.7 Å². The lowest BCUT2D eigenvalue weighted by Gasteiger charge is -2.22. The number of thiazole rings is 1. The summed E-state index contributed by atoms with van der Waals surface area (Å²) in [6.07, 6.45) is 1.23. The van der Waals surface area contributed by atoms with Crippen LogP contribution in [0.3, 0.4) is 0 Å². The van der Waals surface area contributed by atoms with Crippen LogP contribution in [-0.2, 0) is 14.8 Å². The second-order valence-corrected chi connectivity index (χ2v) is 7.33. The molecule has 1 rings (SSSR count). The van der Waals surface area contributed by atoms with E-state index in [1.165, 1.54) is 13.3 Å². The average Bonchev–Trinajstić information content (AvgIpc) is 2.63. The number of nitrogens with zero attached hydrogens (tertiary/aromatic N) is 1. The number of nitrogens with one attached hydrogen (secondary N) is 1. The first-order valence-corrected chi connectivity index (χ1v) is 7.11. The molecule has 0 aliphatic heterocycles. The molecule has 0 atom stereocenters. The van der Waals surface area contributed by atoms with Crippen molar-refractivity contribution in [1.82, 2.24) is 9.71 Å². The lowest BCUT2D eigenvalue weighted by molar-refractivity contribution is 0.0276. The van der Waals surface area contributed by atoms with Crippen LogP contribution in [0, 0.1) is 0 Å². The summed E-state index contributed by atoms with van der Waals surface area (Å²) in [5.74, 6) is 0. The van der Waals surface area contributed by atoms with Crippen LogP contribution in [0.5, 0.6) is 0 Å². The summed E-state index contributed by atoms with van der Waals surface area (Å²) in [5, 5.41) is 0. The van der Waals surface area contributed by atoms with Crippen molar-refractivity contribution >= 4 is 33.0 Å². The highest BCUT2D eigenvalue weighted by Gasteiger charge is 2.23. The maximum atomic E-state index is 11.8. The van der Waals surface area contributed by atoms with Gasteiger partial charge in [-0.25, -0.2) is 18.1 Å². The third-order valence-corrected chi connectivity index (χ3v) is 4.94. The van der Waals surface area contributed by atoms with E-state index in [4.69, 9.17) is 16.3 Å². The van der Waals surface area contributed by atoms with E-state index in [2.05, 4.69) is 9.71 Å². The second kappa shape index (κ2) is 4.97. The first-order chi connectivity index (χ1) is 7.27. The number of hydrogen-bond acceptors (Lipinski definition) is 5. The van der Waals surface area contributed by atoms with Gasteiger partial charge in [0, 0.05) is 13.7 Å². The summed E-state index contributed by atoms with van der Waals surface area (Å²) >= 11 is 6.49. The van der Waals surface area contributed by atoms with Gasteiger partial charge in [-0.05, 0) is 13.8 Å². The molecule has 5 nitrogen and oxygen atoms in total. The van der Waals surface area contributed by atoms with Gasteiger partial charge < -0.3 is 4.74 Å². The van der Waals surface area contributed by atoms with Crippen LogP contribution in [-0.4, -0.2) is 32.7 Å². The monoisotopic (exact) mass is 284 g/mol. The van der Waals surface area contributed by atoms with E-state index in [0.29, 0.717) is 0 Å². The largest absolute Gasteiger partial charge is 0.377 e. The van der Waals surface area contributed by atoms with Gasteiger partial charge in [-0.3, -0.25) is 0 Å². The van der Waals surface area contributed by atoms with Gasteiger partial charge in [0.05, 0.1) is 11.8 Å². The first-order valence-electron chi connectivity index (χ1n) is 4.43. The number of sulfonamides is 1. The quantitative estimate of drug-likeness (QED) is 0.890. The molecular weight excluding hydrogens is 272 g/mol. The van der Waals surface area contributed by atoms with Gasteiger partial charge in [0.1, 0.15) is 0 Å².